The Morgan fingerprint density at radius 2 is 1.34 bits per heavy atom. The molecule has 4 heterocycles. The predicted molar refractivity (Wildman–Crippen MR) is 114 cm³/mol. The molecule has 2 aliphatic heterocycles. The van der Waals surface area contributed by atoms with E-state index >= 15 is 0 Å². The SMILES string of the molecule is Cc1nc2ccccc2nc1N1CCN(c2cc(N3CCOCC3)ncn2)CC1. The topological polar surface area (TPSA) is 70.5 Å². The molecule has 2 aliphatic rings. The number of ether oxygens (including phenoxy) is 1. The number of aryl methyl sites for hydroxylation is 1. The lowest BCUT2D eigenvalue weighted by molar-refractivity contribution is 0.122. The van der Waals surface area contributed by atoms with Gasteiger partial charge in [0.2, 0.25) is 0 Å². The van der Waals surface area contributed by atoms with Crippen LogP contribution in [0, 0.1) is 6.92 Å². The van der Waals surface area contributed by atoms with Gasteiger partial charge in [0.05, 0.1) is 29.9 Å². The molecule has 0 N–H and O–H groups in total. The highest BCUT2D eigenvalue weighted by Crippen LogP contribution is 2.24. The number of hydrogen-bond donors (Lipinski definition) is 0. The molecule has 2 fully saturated rings. The van der Waals surface area contributed by atoms with Crippen molar-refractivity contribution in [3.05, 3.63) is 42.4 Å². The Morgan fingerprint density at radius 3 is 2.03 bits per heavy atom. The molecule has 0 amide bonds. The van der Waals surface area contributed by atoms with E-state index in [1.807, 2.05) is 31.2 Å². The van der Waals surface area contributed by atoms with Crippen molar-refractivity contribution < 1.29 is 4.74 Å². The normalized spacial score (nSPS) is 17.8. The summed E-state index contributed by atoms with van der Waals surface area (Å²) in [6, 6.07) is 10.1. The van der Waals surface area contributed by atoms with Crippen LogP contribution in [0.2, 0.25) is 0 Å². The van der Waals surface area contributed by atoms with Gasteiger partial charge in [-0.05, 0) is 19.1 Å². The third-order valence-electron chi connectivity index (χ3n) is 5.60. The molecule has 29 heavy (non-hydrogen) atoms. The zero-order valence-corrected chi connectivity index (χ0v) is 16.7. The van der Waals surface area contributed by atoms with Crippen molar-refractivity contribution >= 4 is 28.5 Å². The van der Waals surface area contributed by atoms with Crippen LogP contribution in [0.5, 0.6) is 0 Å². The van der Waals surface area contributed by atoms with Crippen LogP contribution in [0.1, 0.15) is 5.69 Å². The molecule has 0 saturated carbocycles. The van der Waals surface area contributed by atoms with E-state index in [9.17, 15) is 0 Å². The van der Waals surface area contributed by atoms with Crippen LogP contribution in [-0.4, -0.2) is 72.4 Å². The lowest BCUT2D eigenvalue weighted by Crippen LogP contribution is -2.47. The number of benzene rings is 1. The molecule has 2 saturated heterocycles. The molecule has 8 nitrogen and oxygen atoms in total. The van der Waals surface area contributed by atoms with Crippen molar-refractivity contribution in [2.24, 2.45) is 0 Å². The second kappa shape index (κ2) is 7.79. The number of nitrogens with zero attached hydrogens (tertiary/aromatic N) is 7. The Morgan fingerprint density at radius 1 is 0.759 bits per heavy atom. The van der Waals surface area contributed by atoms with Crippen molar-refractivity contribution in [3.63, 3.8) is 0 Å². The highest BCUT2D eigenvalue weighted by molar-refractivity contribution is 5.76. The lowest BCUT2D eigenvalue weighted by atomic mass is 10.2. The number of hydrogen-bond acceptors (Lipinski definition) is 8. The van der Waals surface area contributed by atoms with Gasteiger partial charge in [0.1, 0.15) is 18.0 Å². The van der Waals surface area contributed by atoms with E-state index in [1.54, 1.807) is 6.33 Å². The Hall–Kier alpha value is -3.00. The van der Waals surface area contributed by atoms with E-state index in [2.05, 4.69) is 30.7 Å². The van der Waals surface area contributed by atoms with Gasteiger partial charge in [-0.15, -0.1) is 0 Å². The second-order valence-electron chi connectivity index (χ2n) is 7.43. The fourth-order valence-corrected chi connectivity index (χ4v) is 4.00. The zero-order valence-electron chi connectivity index (χ0n) is 16.7. The largest absolute Gasteiger partial charge is 0.378 e. The smallest absolute Gasteiger partial charge is 0.150 e. The average Bonchev–Trinajstić information content (AvgIpc) is 2.79. The minimum atomic E-state index is 0.754. The molecule has 5 rings (SSSR count). The summed E-state index contributed by atoms with van der Waals surface area (Å²) in [5, 5.41) is 0. The van der Waals surface area contributed by atoms with Gasteiger partial charge in [-0.3, -0.25) is 0 Å². The molecule has 0 radical (unpaired) electrons. The van der Waals surface area contributed by atoms with Crippen LogP contribution < -0.4 is 14.7 Å². The predicted octanol–water partition coefficient (Wildman–Crippen LogP) is 1.89. The van der Waals surface area contributed by atoms with Crippen LogP contribution in [0.4, 0.5) is 17.5 Å². The molecule has 8 heteroatoms. The summed E-state index contributed by atoms with van der Waals surface area (Å²) in [5.41, 5.74) is 2.87. The summed E-state index contributed by atoms with van der Waals surface area (Å²) in [7, 11) is 0. The number of fused-ring (bicyclic) bond motifs is 1. The first kappa shape index (κ1) is 18.1. The van der Waals surface area contributed by atoms with Crippen LogP contribution in [0.15, 0.2) is 36.7 Å². The number of aromatic nitrogens is 4. The zero-order chi connectivity index (χ0) is 19.6. The van der Waals surface area contributed by atoms with E-state index < -0.39 is 0 Å². The maximum absolute atomic E-state index is 5.45. The molecule has 0 atom stereocenters. The van der Waals surface area contributed by atoms with Crippen molar-refractivity contribution in [2.75, 3.05) is 67.2 Å². The van der Waals surface area contributed by atoms with Crippen molar-refractivity contribution in [3.8, 4) is 0 Å². The monoisotopic (exact) mass is 391 g/mol. The summed E-state index contributed by atoms with van der Waals surface area (Å²) in [6.07, 6.45) is 1.67. The maximum Gasteiger partial charge on any atom is 0.150 e. The number of rotatable bonds is 3. The molecular formula is C21H25N7O. The molecule has 0 aliphatic carbocycles. The standard InChI is InChI=1S/C21H25N7O/c1-16-21(25-18-5-3-2-4-17(18)24-16)28-8-6-26(7-9-28)19-14-20(23-15-22-19)27-10-12-29-13-11-27/h2-5,14-15H,6-13H2,1H3. The molecular weight excluding hydrogens is 366 g/mol. The summed E-state index contributed by atoms with van der Waals surface area (Å²) in [5.74, 6) is 2.96. The first-order valence-corrected chi connectivity index (χ1v) is 10.2. The Kier molecular flexibility index (Phi) is 4.85. The second-order valence-corrected chi connectivity index (χ2v) is 7.43. The average molecular weight is 391 g/mol. The third kappa shape index (κ3) is 3.67. The van der Waals surface area contributed by atoms with E-state index in [4.69, 9.17) is 14.7 Å². The van der Waals surface area contributed by atoms with Crippen molar-refractivity contribution in [2.45, 2.75) is 6.92 Å². The molecule has 2 aromatic heterocycles. The van der Waals surface area contributed by atoms with E-state index in [0.717, 1.165) is 86.7 Å². The van der Waals surface area contributed by atoms with E-state index in [0.29, 0.717) is 0 Å². The van der Waals surface area contributed by atoms with Crippen molar-refractivity contribution in [1.29, 1.82) is 0 Å². The van der Waals surface area contributed by atoms with Gasteiger partial charge < -0.3 is 19.4 Å². The summed E-state index contributed by atoms with van der Waals surface area (Å²) in [4.78, 5) is 25.5. The molecule has 150 valence electrons. The molecule has 0 bridgehead atoms. The number of anilines is 3. The van der Waals surface area contributed by atoms with Gasteiger partial charge in [-0.25, -0.2) is 19.9 Å². The molecule has 0 spiro atoms. The highest BCUT2D eigenvalue weighted by Gasteiger charge is 2.22. The lowest BCUT2D eigenvalue weighted by Gasteiger charge is -2.37. The number of piperazine rings is 1. The minimum Gasteiger partial charge on any atom is -0.378 e. The Balaban J connectivity index is 1.30. The van der Waals surface area contributed by atoms with Gasteiger partial charge in [0.15, 0.2) is 5.82 Å². The van der Waals surface area contributed by atoms with E-state index in [1.165, 1.54) is 0 Å². The van der Waals surface area contributed by atoms with E-state index in [-0.39, 0.29) is 0 Å². The minimum absolute atomic E-state index is 0.754. The molecule has 1 aromatic carbocycles. The molecule has 0 unspecified atom stereocenters. The number of para-hydroxylation sites is 2. The fraction of sp³-hybridized carbons (Fsp3) is 0.429. The van der Waals surface area contributed by atoms with Gasteiger partial charge in [0, 0.05) is 45.3 Å². The fourth-order valence-electron chi connectivity index (χ4n) is 4.00. The number of morpholine rings is 1. The third-order valence-corrected chi connectivity index (χ3v) is 5.60. The highest BCUT2D eigenvalue weighted by atomic mass is 16.5. The van der Waals surface area contributed by atoms with Gasteiger partial charge in [-0.2, -0.15) is 0 Å². The Bertz CT molecular complexity index is 997. The van der Waals surface area contributed by atoms with Crippen molar-refractivity contribution in [1.82, 2.24) is 19.9 Å². The van der Waals surface area contributed by atoms with Gasteiger partial charge in [-0.1, -0.05) is 12.1 Å². The first-order valence-electron chi connectivity index (χ1n) is 10.2. The quantitative estimate of drug-likeness (QED) is 0.670. The molecule has 3 aromatic rings. The van der Waals surface area contributed by atoms with Gasteiger partial charge >= 0.3 is 0 Å². The van der Waals surface area contributed by atoms with Gasteiger partial charge in [0.25, 0.3) is 0 Å². The van der Waals surface area contributed by atoms with Crippen LogP contribution in [0.3, 0.4) is 0 Å². The first-order chi connectivity index (χ1) is 14.3. The van der Waals surface area contributed by atoms with Crippen LogP contribution in [-0.2, 0) is 4.74 Å². The Labute approximate surface area is 170 Å². The summed E-state index contributed by atoms with van der Waals surface area (Å²) < 4.78 is 5.45. The maximum atomic E-state index is 5.45. The summed E-state index contributed by atoms with van der Waals surface area (Å²) >= 11 is 0. The van der Waals surface area contributed by atoms with Crippen LogP contribution >= 0.6 is 0 Å². The van der Waals surface area contributed by atoms with Crippen LogP contribution in [0.25, 0.3) is 11.0 Å². The summed E-state index contributed by atoms with van der Waals surface area (Å²) in [6.45, 7) is 8.89.